The maximum Gasteiger partial charge on any atom is 0.201 e. The number of fused-ring (bicyclic) bond motifs is 10. The Hall–Kier alpha value is -7.47. The Kier molecular flexibility index (Phi) is 7.21. The number of rotatable bonds is 6. The molecule has 0 spiro atoms. The van der Waals surface area contributed by atoms with Crippen LogP contribution in [0.2, 0.25) is 0 Å². The van der Waals surface area contributed by atoms with Gasteiger partial charge in [0.15, 0.2) is 0 Å². The molecule has 12 aromatic rings. The zero-order valence-corrected chi connectivity index (χ0v) is 32.5. The van der Waals surface area contributed by atoms with Crippen LogP contribution in [0.15, 0.2) is 217 Å². The third-order valence-electron chi connectivity index (χ3n) is 12.1. The third-order valence-corrected chi connectivity index (χ3v) is 16.8. The smallest absolute Gasteiger partial charge is 0.201 e. The summed E-state index contributed by atoms with van der Waals surface area (Å²) in [6.07, 6.45) is 2.09. The normalized spacial score (nSPS) is 12.1. The van der Waals surface area contributed by atoms with Crippen LogP contribution in [0, 0.1) is 0 Å². The number of aromatic nitrogens is 3. The number of benzene rings is 8. The molecular weight excluding hydrogens is 723 g/mol. The first kappa shape index (κ1) is 32.7. The molecule has 4 nitrogen and oxygen atoms in total. The Morgan fingerprint density at radius 2 is 0.862 bits per heavy atom. The highest BCUT2D eigenvalue weighted by molar-refractivity contribution is 7.19. The highest BCUT2D eigenvalue weighted by atomic mass is 28.3. The summed E-state index contributed by atoms with van der Waals surface area (Å²) in [7, 11) is -2.94. The SMILES string of the molecule is c1ccc([Si](c2ccccc2)(c2ccc(-n3c4ccccc4c4ccccc43)cc2)c2ccc(-n3c4ccccc4c4ccc5oc6ccccc6c5c43)cn2)cc1. The first-order valence-electron chi connectivity index (χ1n) is 19.8. The van der Waals surface area contributed by atoms with Gasteiger partial charge in [-0.05, 0) is 76.2 Å². The summed E-state index contributed by atoms with van der Waals surface area (Å²) in [5, 5.41) is 12.1. The minimum absolute atomic E-state index is 0.881. The standard InChI is InChI=1S/C53H35N3OSi/c1-3-15-38(16-4-1)58(39-17-5-2-6-18-39,40-30-27-36(28-31-40)55-46-23-11-7-19-41(46)42-20-8-12-24-47(42)55)51-34-29-37(35-54-51)56-48-25-13-9-21-43(48)44-32-33-50-52(53(44)56)45-22-10-14-26-49(45)57-50/h1-35H. The topological polar surface area (TPSA) is 35.9 Å². The maximum atomic E-state index is 6.41. The molecule has 0 amide bonds. The van der Waals surface area contributed by atoms with Gasteiger partial charge in [-0.3, -0.25) is 4.98 Å². The molecule has 0 bridgehead atoms. The Morgan fingerprint density at radius 1 is 0.362 bits per heavy atom. The number of para-hydroxylation sites is 4. The molecule has 8 aromatic carbocycles. The van der Waals surface area contributed by atoms with Crippen LogP contribution in [0.1, 0.15) is 0 Å². The van der Waals surface area contributed by atoms with Crippen molar-refractivity contribution in [2.75, 3.05) is 0 Å². The summed E-state index contributed by atoms with van der Waals surface area (Å²) >= 11 is 0. The number of hydrogen-bond donors (Lipinski definition) is 0. The van der Waals surface area contributed by atoms with Crippen LogP contribution >= 0.6 is 0 Å². The van der Waals surface area contributed by atoms with E-state index in [0.717, 1.165) is 49.7 Å². The van der Waals surface area contributed by atoms with E-state index in [4.69, 9.17) is 9.40 Å². The third kappa shape index (κ3) is 4.65. The van der Waals surface area contributed by atoms with Crippen molar-refractivity contribution < 1.29 is 4.42 Å². The van der Waals surface area contributed by atoms with Gasteiger partial charge in [0.05, 0.1) is 39.3 Å². The van der Waals surface area contributed by atoms with Crippen molar-refractivity contribution in [3.05, 3.63) is 212 Å². The fourth-order valence-electron chi connectivity index (χ4n) is 9.65. The molecule has 0 fully saturated rings. The van der Waals surface area contributed by atoms with Gasteiger partial charge in [0, 0.05) is 37.9 Å². The van der Waals surface area contributed by atoms with Crippen LogP contribution in [0.5, 0.6) is 0 Å². The molecule has 0 aliphatic rings. The number of hydrogen-bond acceptors (Lipinski definition) is 2. The molecular formula is C53H35N3OSi. The summed E-state index contributed by atoms with van der Waals surface area (Å²) in [4.78, 5) is 5.55. The highest BCUT2D eigenvalue weighted by Crippen LogP contribution is 2.40. The lowest BCUT2D eigenvalue weighted by Crippen LogP contribution is -2.75. The number of nitrogens with zero attached hydrogens (tertiary/aromatic N) is 3. The van der Waals surface area contributed by atoms with Crippen LogP contribution in [0.3, 0.4) is 0 Å². The second kappa shape index (κ2) is 12.8. The monoisotopic (exact) mass is 757 g/mol. The van der Waals surface area contributed by atoms with Gasteiger partial charge in [0.25, 0.3) is 0 Å². The minimum atomic E-state index is -2.94. The van der Waals surface area contributed by atoms with Crippen molar-refractivity contribution in [3.63, 3.8) is 0 Å². The van der Waals surface area contributed by atoms with Crippen molar-refractivity contribution in [3.8, 4) is 11.4 Å². The average molecular weight is 758 g/mol. The molecule has 0 saturated heterocycles. The quantitative estimate of drug-likeness (QED) is 0.125. The van der Waals surface area contributed by atoms with E-state index >= 15 is 0 Å². The van der Waals surface area contributed by atoms with E-state index in [2.05, 4.69) is 216 Å². The van der Waals surface area contributed by atoms with Crippen molar-refractivity contribution in [2.45, 2.75) is 0 Å². The Bertz CT molecular complexity index is 3400. The van der Waals surface area contributed by atoms with Crippen LogP contribution in [-0.4, -0.2) is 22.2 Å². The maximum absolute atomic E-state index is 6.41. The molecule has 0 N–H and O–H groups in total. The van der Waals surface area contributed by atoms with E-state index in [1.165, 1.54) is 48.1 Å². The predicted octanol–water partition coefficient (Wildman–Crippen LogP) is 10.6. The van der Waals surface area contributed by atoms with E-state index in [1.54, 1.807) is 0 Å². The molecule has 0 saturated carbocycles. The Morgan fingerprint density at radius 3 is 1.47 bits per heavy atom. The zero-order chi connectivity index (χ0) is 38.2. The molecule has 58 heavy (non-hydrogen) atoms. The van der Waals surface area contributed by atoms with Gasteiger partial charge in [0.1, 0.15) is 11.2 Å². The van der Waals surface area contributed by atoms with Gasteiger partial charge in [-0.25, -0.2) is 0 Å². The minimum Gasteiger partial charge on any atom is -0.456 e. The van der Waals surface area contributed by atoms with E-state index in [1.807, 2.05) is 6.07 Å². The summed E-state index contributed by atoms with van der Waals surface area (Å²) in [5.74, 6) is 0. The van der Waals surface area contributed by atoms with Crippen LogP contribution in [0.25, 0.3) is 76.9 Å². The van der Waals surface area contributed by atoms with Crippen molar-refractivity contribution in [2.24, 2.45) is 0 Å². The lowest BCUT2D eigenvalue weighted by Gasteiger charge is -2.33. The largest absolute Gasteiger partial charge is 0.456 e. The zero-order valence-electron chi connectivity index (χ0n) is 31.5. The van der Waals surface area contributed by atoms with Crippen LogP contribution in [-0.2, 0) is 0 Å². The van der Waals surface area contributed by atoms with E-state index in [0.29, 0.717) is 0 Å². The molecule has 4 heterocycles. The van der Waals surface area contributed by atoms with Gasteiger partial charge in [0.2, 0.25) is 8.07 Å². The molecule has 0 aliphatic carbocycles. The Labute approximate surface area is 335 Å². The summed E-state index contributed by atoms with van der Waals surface area (Å²) in [6.45, 7) is 0. The molecule has 5 heteroatoms. The van der Waals surface area contributed by atoms with Crippen LogP contribution < -0.4 is 20.9 Å². The first-order valence-corrected chi connectivity index (χ1v) is 21.8. The van der Waals surface area contributed by atoms with Gasteiger partial charge in [-0.1, -0.05) is 146 Å². The van der Waals surface area contributed by atoms with Gasteiger partial charge in [-0.15, -0.1) is 0 Å². The molecule has 0 aliphatic heterocycles. The molecule has 0 unspecified atom stereocenters. The second-order valence-corrected chi connectivity index (χ2v) is 18.8. The lowest BCUT2D eigenvalue weighted by atomic mass is 10.1. The average Bonchev–Trinajstić information content (AvgIpc) is 3.96. The first-order chi connectivity index (χ1) is 28.8. The summed E-state index contributed by atoms with van der Waals surface area (Å²) in [5.41, 5.74) is 8.60. The summed E-state index contributed by atoms with van der Waals surface area (Å²) < 4.78 is 11.2. The fourth-order valence-corrected chi connectivity index (χ4v) is 14.2. The summed E-state index contributed by atoms with van der Waals surface area (Å²) in [6, 6.07) is 74.7. The van der Waals surface area contributed by atoms with Crippen molar-refractivity contribution in [1.29, 1.82) is 0 Å². The molecule has 12 rings (SSSR count). The van der Waals surface area contributed by atoms with Gasteiger partial charge < -0.3 is 13.6 Å². The number of pyridine rings is 1. The predicted molar refractivity (Wildman–Crippen MR) is 244 cm³/mol. The molecule has 4 aromatic heterocycles. The highest BCUT2D eigenvalue weighted by Gasteiger charge is 2.43. The van der Waals surface area contributed by atoms with E-state index in [-0.39, 0.29) is 0 Å². The van der Waals surface area contributed by atoms with Crippen LogP contribution in [0.4, 0.5) is 0 Å². The fraction of sp³-hybridized carbons (Fsp3) is 0. The van der Waals surface area contributed by atoms with Crippen molar-refractivity contribution >= 4 is 94.5 Å². The molecule has 0 atom stereocenters. The van der Waals surface area contributed by atoms with Gasteiger partial charge in [-0.2, -0.15) is 0 Å². The Balaban J connectivity index is 1.09. The lowest BCUT2D eigenvalue weighted by molar-refractivity contribution is 0.669. The van der Waals surface area contributed by atoms with Crippen molar-refractivity contribution in [1.82, 2.24) is 14.1 Å². The number of furan rings is 1. The molecule has 0 radical (unpaired) electrons. The van der Waals surface area contributed by atoms with Gasteiger partial charge >= 0.3 is 0 Å². The van der Waals surface area contributed by atoms with E-state index in [9.17, 15) is 0 Å². The second-order valence-electron chi connectivity index (χ2n) is 15.1. The van der Waals surface area contributed by atoms with E-state index < -0.39 is 8.07 Å². The molecule has 272 valence electrons.